The molecule has 122 valence electrons. The van der Waals surface area contributed by atoms with Gasteiger partial charge in [0, 0.05) is 16.2 Å². The average molecular weight is 327 g/mol. The number of benzene rings is 3. The van der Waals surface area contributed by atoms with Crippen molar-refractivity contribution in [3.05, 3.63) is 71.8 Å². The van der Waals surface area contributed by atoms with Crippen molar-refractivity contribution in [3.63, 3.8) is 0 Å². The minimum atomic E-state index is -1.48. The van der Waals surface area contributed by atoms with Gasteiger partial charge in [-0.2, -0.15) is 0 Å². The van der Waals surface area contributed by atoms with Crippen LogP contribution in [-0.2, 0) is 5.41 Å². The van der Waals surface area contributed by atoms with Gasteiger partial charge in [0.1, 0.15) is 0 Å². The third-order valence-electron chi connectivity index (χ3n) is 5.58. The average Bonchev–Trinajstić information content (AvgIpc) is 2.94. The van der Waals surface area contributed by atoms with Crippen LogP contribution in [-0.4, -0.2) is 21.7 Å². The van der Waals surface area contributed by atoms with Gasteiger partial charge in [0.05, 0.1) is 16.7 Å². The first kappa shape index (κ1) is 14.8. The molecule has 3 aromatic carbocycles. The summed E-state index contributed by atoms with van der Waals surface area (Å²) < 4.78 is 2.31. The zero-order valence-corrected chi connectivity index (χ0v) is 14.2. The molecular weight excluding hydrogens is 309 g/mol. The number of para-hydroxylation sites is 2. The first-order valence-electron chi connectivity index (χ1n) is 8.54. The van der Waals surface area contributed by atoms with E-state index in [4.69, 9.17) is 0 Å². The number of hydrogen-bond acceptors (Lipinski definition) is 2. The lowest BCUT2D eigenvalue weighted by Gasteiger charge is -2.35. The summed E-state index contributed by atoms with van der Waals surface area (Å²) in [6.07, 6.45) is 0. The minimum absolute atomic E-state index is 0.218. The van der Waals surface area contributed by atoms with Crippen molar-refractivity contribution in [1.29, 1.82) is 0 Å². The van der Waals surface area contributed by atoms with Crippen LogP contribution in [0.2, 0.25) is 0 Å². The van der Waals surface area contributed by atoms with Crippen LogP contribution in [0.1, 0.15) is 25.0 Å². The van der Waals surface area contributed by atoms with E-state index in [1.807, 2.05) is 18.2 Å². The summed E-state index contributed by atoms with van der Waals surface area (Å²) in [4.78, 5) is 0. The molecule has 0 fully saturated rings. The van der Waals surface area contributed by atoms with E-state index in [2.05, 4.69) is 60.9 Å². The molecule has 0 unspecified atom stereocenters. The fourth-order valence-corrected chi connectivity index (χ4v) is 4.34. The predicted octanol–water partition coefficient (Wildman–Crippen LogP) is 3.10. The molecule has 3 nitrogen and oxygen atoms in total. The highest BCUT2D eigenvalue weighted by atomic mass is 16.4. The highest BCUT2D eigenvalue weighted by molar-refractivity contribution is 6.59. The molecule has 0 saturated heterocycles. The molecule has 2 heterocycles. The van der Waals surface area contributed by atoms with Gasteiger partial charge in [-0.15, -0.1) is 0 Å². The second-order valence-corrected chi connectivity index (χ2v) is 7.33. The van der Waals surface area contributed by atoms with E-state index in [1.54, 1.807) is 0 Å². The van der Waals surface area contributed by atoms with Gasteiger partial charge < -0.3 is 14.6 Å². The van der Waals surface area contributed by atoms with Crippen LogP contribution in [0.5, 0.6) is 0 Å². The summed E-state index contributed by atoms with van der Waals surface area (Å²) in [5.41, 5.74) is 6.20. The fraction of sp³-hybridized carbons (Fsp3) is 0.143. The van der Waals surface area contributed by atoms with Crippen molar-refractivity contribution in [2.24, 2.45) is 0 Å². The quantitative estimate of drug-likeness (QED) is 0.528. The molecule has 0 saturated carbocycles. The Hall–Kier alpha value is -2.56. The third-order valence-corrected chi connectivity index (χ3v) is 5.58. The van der Waals surface area contributed by atoms with Crippen molar-refractivity contribution >= 4 is 34.4 Å². The maximum atomic E-state index is 9.81. The van der Waals surface area contributed by atoms with E-state index in [9.17, 15) is 10.0 Å². The Morgan fingerprint density at radius 3 is 2.36 bits per heavy atom. The first-order valence-corrected chi connectivity index (χ1v) is 8.54. The lowest BCUT2D eigenvalue weighted by molar-refractivity contribution is 0.425. The molecule has 0 radical (unpaired) electrons. The normalized spacial score (nSPS) is 14.7. The monoisotopic (exact) mass is 327 g/mol. The van der Waals surface area contributed by atoms with E-state index < -0.39 is 7.12 Å². The van der Waals surface area contributed by atoms with Gasteiger partial charge in [-0.25, -0.2) is 0 Å². The Bertz CT molecular complexity index is 1160. The van der Waals surface area contributed by atoms with E-state index in [-0.39, 0.29) is 5.41 Å². The van der Waals surface area contributed by atoms with Gasteiger partial charge in [0.15, 0.2) is 0 Å². The standard InChI is InChI=1S/C21H18BNO2/c1-21(2)16-8-4-6-10-19(16)23-18-9-5-3-7-14(18)15-11-13(22(24)25)12-17(21)20(15)23/h3-12,24-25H,1-2H3. The molecule has 5 rings (SSSR count). The Kier molecular flexibility index (Phi) is 2.80. The summed E-state index contributed by atoms with van der Waals surface area (Å²) in [5.74, 6) is 0. The van der Waals surface area contributed by atoms with Gasteiger partial charge in [0.2, 0.25) is 0 Å². The molecule has 0 atom stereocenters. The SMILES string of the molecule is CC1(C)c2ccccc2-n2c3ccccc3c3cc(B(O)O)cc1c32. The van der Waals surface area contributed by atoms with Gasteiger partial charge in [-0.1, -0.05) is 62.4 Å². The van der Waals surface area contributed by atoms with E-state index in [1.165, 1.54) is 11.3 Å². The maximum absolute atomic E-state index is 9.81. The van der Waals surface area contributed by atoms with Gasteiger partial charge in [-0.05, 0) is 28.7 Å². The van der Waals surface area contributed by atoms with Crippen LogP contribution < -0.4 is 5.46 Å². The van der Waals surface area contributed by atoms with Crippen LogP contribution in [0.15, 0.2) is 60.7 Å². The molecule has 0 spiro atoms. The lowest BCUT2D eigenvalue weighted by atomic mass is 9.70. The molecule has 1 aromatic heterocycles. The first-order chi connectivity index (χ1) is 12.0. The maximum Gasteiger partial charge on any atom is 0.488 e. The molecule has 0 amide bonds. The minimum Gasteiger partial charge on any atom is -0.423 e. The second kappa shape index (κ2) is 4.75. The summed E-state index contributed by atoms with van der Waals surface area (Å²) >= 11 is 0. The fourth-order valence-electron chi connectivity index (χ4n) is 4.34. The summed E-state index contributed by atoms with van der Waals surface area (Å²) in [5, 5.41) is 21.8. The molecule has 4 aromatic rings. The Morgan fingerprint density at radius 1 is 0.840 bits per heavy atom. The van der Waals surface area contributed by atoms with Crippen molar-refractivity contribution < 1.29 is 10.0 Å². The number of hydrogen-bond donors (Lipinski definition) is 2. The van der Waals surface area contributed by atoms with Gasteiger partial charge in [-0.3, -0.25) is 0 Å². The van der Waals surface area contributed by atoms with E-state index in [0.29, 0.717) is 5.46 Å². The van der Waals surface area contributed by atoms with Crippen LogP contribution >= 0.6 is 0 Å². The number of fused-ring (bicyclic) bond motifs is 5. The number of nitrogens with zero attached hydrogens (tertiary/aromatic N) is 1. The highest BCUT2D eigenvalue weighted by Crippen LogP contribution is 2.46. The van der Waals surface area contributed by atoms with Crippen LogP contribution in [0.25, 0.3) is 27.5 Å². The third kappa shape index (κ3) is 1.78. The smallest absolute Gasteiger partial charge is 0.423 e. The Balaban J connectivity index is 2.10. The Labute approximate surface area is 146 Å². The molecular formula is C21H18BNO2. The lowest BCUT2D eigenvalue weighted by Crippen LogP contribution is -2.33. The van der Waals surface area contributed by atoms with Gasteiger partial charge >= 0.3 is 7.12 Å². The molecule has 1 aliphatic rings. The molecule has 0 aliphatic carbocycles. The largest absolute Gasteiger partial charge is 0.488 e. The zero-order chi connectivity index (χ0) is 17.3. The Morgan fingerprint density at radius 2 is 1.56 bits per heavy atom. The molecule has 2 N–H and O–H groups in total. The molecule has 4 heteroatoms. The van der Waals surface area contributed by atoms with Crippen LogP contribution in [0, 0.1) is 0 Å². The van der Waals surface area contributed by atoms with E-state index >= 15 is 0 Å². The molecule has 25 heavy (non-hydrogen) atoms. The molecule has 1 aliphatic heterocycles. The second-order valence-electron chi connectivity index (χ2n) is 7.33. The number of aromatic nitrogens is 1. The van der Waals surface area contributed by atoms with Crippen LogP contribution in [0.4, 0.5) is 0 Å². The highest BCUT2D eigenvalue weighted by Gasteiger charge is 2.35. The van der Waals surface area contributed by atoms with Crippen LogP contribution in [0.3, 0.4) is 0 Å². The molecule has 0 bridgehead atoms. The summed E-state index contributed by atoms with van der Waals surface area (Å²) in [7, 11) is -1.48. The summed E-state index contributed by atoms with van der Waals surface area (Å²) in [6.45, 7) is 4.41. The van der Waals surface area contributed by atoms with Crippen molar-refractivity contribution in [3.8, 4) is 5.69 Å². The summed E-state index contributed by atoms with van der Waals surface area (Å²) in [6, 6.07) is 20.6. The van der Waals surface area contributed by atoms with Crippen molar-refractivity contribution in [2.75, 3.05) is 0 Å². The van der Waals surface area contributed by atoms with Gasteiger partial charge in [0.25, 0.3) is 0 Å². The number of rotatable bonds is 1. The predicted molar refractivity (Wildman–Crippen MR) is 103 cm³/mol. The zero-order valence-electron chi connectivity index (χ0n) is 14.2. The van der Waals surface area contributed by atoms with E-state index in [0.717, 1.165) is 27.4 Å². The van der Waals surface area contributed by atoms with Crippen molar-refractivity contribution in [1.82, 2.24) is 4.57 Å². The van der Waals surface area contributed by atoms with Crippen molar-refractivity contribution in [2.45, 2.75) is 19.3 Å². The topological polar surface area (TPSA) is 45.4 Å².